The highest BCUT2D eigenvalue weighted by molar-refractivity contribution is 8.00. The van der Waals surface area contributed by atoms with Crippen molar-refractivity contribution < 1.29 is 9.18 Å². The SMILES string of the molecule is CC(C)CCCC(C)NC(=O)CSc1ccccc1F. The molecule has 0 heterocycles. The molecule has 0 saturated heterocycles. The molecule has 1 aromatic rings. The second-order valence-corrected chi connectivity index (χ2v) is 6.53. The molecule has 0 aliphatic carbocycles. The van der Waals surface area contributed by atoms with Crippen LogP contribution in [0.1, 0.15) is 40.0 Å². The number of benzene rings is 1. The first-order valence-corrected chi connectivity index (χ1v) is 8.14. The molecule has 0 aliphatic heterocycles. The molecule has 4 heteroatoms. The fourth-order valence-corrected chi connectivity index (χ4v) is 2.68. The van der Waals surface area contributed by atoms with Crippen LogP contribution in [0.15, 0.2) is 29.2 Å². The van der Waals surface area contributed by atoms with Crippen molar-refractivity contribution in [2.45, 2.75) is 51.0 Å². The number of hydrogen-bond acceptors (Lipinski definition) is 2. The van der Waals surface area contributed by atoms with Gasteiger partial charge in [0.25, 0.3) is 0 Å². The first-order chi connectivity index (χ1) is 9.49. The average molecular weight is 297 g/mol. The molecule has 0 aliphatic rings. The third kappa shape index (κ3) is 6.94. The van der Waals surface area contributed by atoms with Crippen molar-refractivity contribution in [3.05, 3.63) is 30.1 Å². The van der Waals surface area contributed by atoms with Gasteiger partial charge < -0.3 is 5.32 Å². The van der Waals surface area contributed by atoms with Gasteiger partial charge in [-0.05, 0) is 31.4 Å². The molecule has 1 rings (SSSR count). The number of carbonyl (C=O) groups excluding carboxylic acids is 1. The zero-order valence-electron chi connectivity index (χ0n) is 12.5. The Kier molecular flexibility index (Phi) is 7.67. The molecular formula is C16H24FNOS. The summed E-state index contributed by atoms with van der Waals surface area (Å²) in [5.41, 5.74) is 0. The van der Waals surface area contributed by atoms with E-state index in [0.717, 1.165) is 12.8 Å². The molecule has 1 N–H and O–H groups in total. The first-order valence-electron chi connectivity index (χ1n) is 7.15. The third-order valence-electron chi connectivity index (χ3n) is 3.02. The Balaban J connectivity index is 2.24. The van der Waals surface area contributed by atoms with Crippen LogP contribution in [-0.2, 0) is 4.79 Å². The summed E-state index contributed by atoms with van der Waals surface area (Å²) in [7, 11) is 0. The minimum absolute atomic E-state index is 0.0321. The Morgan fingerprint density at radius 1 is 1.25 bits per heavy atom. The maximum atomic E-state index is 13.4. The van der Waals surface area contributed by atoms with Crippen LogP contribution in [0.5, 0.6) is 0 Å². The molecule has 0 aromatic heterocycles. The molecule has 0 saturated carbocycles. The van der Waals surface area contributed by atoms with Crippen LogP contribution >= 0.6 is 11.8 Å². The van der Waals surface area contributed by atoms with Crippen molar-refractivity contribution >= 4 is 17.7 Å². The lowest BCUT2D eigenvalue weighted by atomic mass is 10.0. The van der Waals surface area contributed by atoms with Crippen molar-refractivity contribution in [3.8, 4) is 0 Å². The topological polar surface area (TPSA) is 29.1 Å². The Labute approximate surface area is 125 Å². The van der Waals surface area contributed by atoms with E-state index in [1.54, 1.807) is 18.2 Å². The van der Waals surface area contributed by atoms with E-state index >= 15 is 0 Å². The summed E-state index contributed by atoms with van der Waals surface area (Å²) in [6.07, 6.45) is 3.30. The summed E-state index contributed by atoms with van der Waals surface area (Å²) >= 11 is 1.24. The highest BCUT2D eigenvalue weighted by Gasteiger charge is 2.09. The van der Waals surface area contributed by atoms with E-state index in [9.17, 15) is 9.18 Å². The van der Waals surface area contributed by atoms with Crippen molar-refractivity contribution in [2.75, 3.05) is 5.75 Å². The lowest BCUT2D eigenvalue weighted by Crippen LogP contribution is -2.33. The summed E-state index contributed by atoms with van der Waals surface area (Å²) in [6.45, 7) is 6.43. The summed E-state index contributed by atoms with van der Waals surface area (Å²) in [6, 6.07) is 6.71. The van der Waals surface area contributed by atoms with Crippen molar-refractivity contribution in [1.29, 1.82) is 0 Å². The maximum absolute atomic E-state index is 13.4. The molecule has 0 bridgehead atoms. The number of hydrogen-bond donors (Lipinski definition) is 1. The Morgan fingerprint density at radius 2 is 1.95 bits per heavy atom. The van der Waals surface area contributed by atoms with Crippen molar-refractivity contribution in [1.82, 2.24) is 5.32 Å². The lowest BCUT2D eigenvalue weighted by Gasteiger charge is -2.14. The number of carbonyl (C=O) groups is 1. The highest BCUT2D eigenvalue weighted by Crippen LogP contribution is 2.20. The quantitative estimate of drug-likeness (QED) is 0.727. The standard InChI is InChI=1S/C16H24FNOS/c1-12(2)7-6-8-13(3)18-16(19)11-20-15-10-5-4-9-14(15)17/h4-5,9-10,12-13H,6-8,11H2,1-3H3,(H,18,19). The Bertz CT molecular complexity index is 423. The van der Waals surface area contributed by atoms with Gasteiger partial charge in [-0.2, -0.15) is 0 Å². The van der Waals surface area contributed by atoms with E-state index < -0.39 is 0 Å². The molecule has 2 nitrogen and oxygen atoms in total. The number of nitrogens with one attached hydrogen (secondary N) is 1. The van der Waals surface area contributed by atoms with E-state index in [2.05, 4.69) is 19.2 Å². The van der Waals surface area contributed by atoms with Crippen LogP contribution in [0, 0.1) is 11.7 Å². The van der Waals surface area contributed by atoms with Gasteiger partial charge >= 0.3 is 0 Å². The van der Waals surface area contributed by atoms with Crippen LogP contribution in [-0.4, -0.2) is 17.7 Å². The van der Waals surface area contributed by atoms with Gasteiger partial charge in [-0.15, -0.1) is 11.8 Å². The van der Waals surface area contributed by atoms with Crippen molar-refractivity contribution in [2.24, 2.45) is 5.92 Å². The monoisotopic (exact) mass is 297 g/mol. The molecule has 1 atom stereocenters. The molecule has 20 heavy (non-hydrogen) atoms. The maximum Gasteiger partial charge on any atom is 0.230 e. The molecule has 0 fully saturated rings. The van der Waals surface area contributed by atoms with Gasteiger partial charge in [-0.1, -0.05) is 38.8 Å². The number of rotatable bonds is 8. The van der Waals surface area contributed by atoms with Gasteiger partial charge in [0.05, 0.1) is 5.75 Å². The minimum atomic E-state index is -0.268. The van der Waals surface area contributed by atoms with Gasteiger partial charge in [-0.25, -0.2) is 4.39 Å². The predicted molar refractivity (Wildman–Crippen MR) is 83.4 cm³/mol. The van der Waals surface area contributed by atoms with Gasteiger partial charge in [0, 0.05) is 10.9 Å². The Hall–Kier alpha value is -1.03. The zero-order valence-corrected chi connectivity index (χ0v) is 13.3. The normalized spacial score (nSPS) is 12.4. The van der Waals surface area contributed by atoms with Crippen LogP contribution in [0.3, 0.4) is 0 Å². The van der Waals surface area contributed by atoms with E-state index in [0.29, 0.717) is 10.8 Å². The molecule has 1 amide bonds. The van der Waals surface area contributed by atoms with Crippen LogP contribution < -0.4 is 5.32 Å². The molecule has 1 aromatic carbocycles. The highest BCUT2D eigenvalue weighted by atomic mass is 32.2. The summed E-state index contributed by atoms with van der Waals surface area (Å²) in [5, 5.41) is 2.96. The number of amides is 1. The fraction of sp³-hybridized carbons (Fsp3) is 0.562. The molecule has 1 unspecified atom stereocenters. The lowest BCUT2D eigenvalue weighted by molar-refractivity contribution is -0.119. The van der Waals surface area contributed by atoms with Crippen molar-refractivity contribution in [3.63, 3.8) is 0 Å². The minimum Gasteiger partial charge on any atom is -0.353 e. The smallest absolute Gasteiger partial charge is 0.230 e. The van der Waals surface area contributed by atoms with E-state index in [1.165, 1.54) is 24.2 Å². The average Bonchev–Trinajstić information content (AvgIpc) is 2.37. The number of thioether (sulfide) groups is 1. The molecule has 112 valence electrons. The summed E-state index contributed by atoms with van der Waals surface area (Å²) in [5.74, 6) is 0.662. The molecular weight excluding hydrogens is 273 g/mol. The second kappa shape index (κ2) is 9.01. The van der Waals surface area contributed by atoms with Gasteiger partial charge in [0.2, 0.25) is 5.91 Å². The van der Waals surface area contributed by atoms with Gasteiger partial charge in [-0.3, -0.25) is 4.79 Å². The summed E-state index contributed by atoms with van der Waals surface area (Å²) in [4.78, 5) is 12.3. The van der Waals surface area contributed by atoms with Crippen LogP contribution in [0.2, 0.25) is 0 Å². The van der Waals surface area contributed by atoms with Crippen LogP contribution in [0.25, 0.3) is 0 Å². The van der Waals surface area contributed by atoms with E-state index in [4.69, 9.17) is 0 Å². The predicted octanol–water partition coefficient (Wildman–Crippen LogP) is 4.25. The fourth-order valence-electron chi connectivity index (χ4n) is 1.93. The summed E-state index contributed by atoms with van der Waals surface area (Å²) < 4.78 is 13.4. The van der Waals surface area contributed by atoms with Crippen LogP contribution in [0.4, 0.5) is 4.39 Å². The zero-order chi connectivity index (χ0) is 15.0. The number of halogens is 1. The van der Waals surface area contributed by atoms with E-state index in [1.807, 2.05) is 6.92 Å². The van der Waals surface area contributed by atoms with Gasteiger partial charge in [0.1, 0.15) is 5.82 Å². The molecule has 0 radical (unpaired) electrons. The van der Waals surface area contributed by atoms with Gasteiger partial charge in [0.15, 0.2) is 0 Å². The Morgan fingerprint density at radius 3 is 2.60 bits per heavy atom. The largest absolute Gasteiger partial charge is 0.353 e. The second-order valence-electron chi connectivity index (χ2n) is 5.51. The third-order valence-corrected chi connectivity index (χ3v) is 4.07. The van der Waals surface area contributed by atoms with E-state index in [-0.39, 0.29) is 23.5 Å². The first kappa shape index (κ1) is 17.0. The molecule has 0 spiro atoms.